The minimum Gasteiger partial charge on any atom is -0.398 e. The smallest absolute Gasteiger partial charge is 0.260 e. The van der Waals surface area contributed by atoms with Crippen LogP contribution in [0, 0.1) is 0 Å². The first-order valence-corrected chi connectivity index (χ1v) is 6.62. The van der Waals surface area contributed by atoms with Crippen molar-refractivity contribution in [3.05, 3.63) is 30.1 Å². The molecule has 1 unspecified atom stereocenters. The molecule has 1 aliphatic heterocycles. The number of nitrogen functional groups attached to an aromatic ring is 1. The van der Waals surface area contributed by atoms with Crippen LogP contribution in [0.15, 0.2) is 28.8 Å². The normalized spacial score (nSPS) is 19.5. The summed E-state index contributed by atoms with van der Waals surface area (Å²) in [7, 11) is 0. The maximum Gasteiger partial charge on any atom is 0.260 e. The summed E-state index contributed by atoms with van der Waals surface area (Å²) in [6.45, 7) is 0.834. The van der Waals surface area contributed by atoms with Crippen molar-refractivity contribution in [1.82, 2.24) is 10.1 Å². The highest BCUT2D eigenvalue weighted by Gasteiger charge is 2.18. The molecule has 1 atom stereocenters. The van der Waals surface area contributed by atoms with Crippen LogP contribution in [-0.2, 0) is 11.2 Å². The third-order valence-electron chi connectivity index (χ3n) is 3.34. The Bertz CT molecular complexity index is 547. The number of nitrogens with two attached hydrogens (primary N) is 1. The third-order valence-corrected chi connectivity index (χ3v) is 3.34. The van der Waals surface area contributed by atoms with E-state index in [4.69, 9.17) is 15.0 Å². The van der Waals surface area contributed by atoms with Crippen LogP contribution in [0.2, 0.25) is 0 Å². The number of rotatable bonds is 3. The molecule has 1 aromatic carbocycles. The van der Waals surface area contributed by atoms with Crippen molar-refractivity contribution < 1.29 is 9.26 Å². The summed E-state index contributed by atoms with van der Waals surface area (Å²) < 4.78 is 11.0. The molecular formula is C14H17N3O2. The first-order valence-electron chi connectivity index (χ1n) is 6.62. The fourth-order valence-corrected chi connectivity index (χ4v) is 2.31. The van der Waals surface area contributed by atoms with Gasteiger partial charge in [0, 0.05) is 18.7 Å². The van der Waals surface area contributed by atoms with E-state index in [0.29, 0.717) is 23.8 Å². The van der Waals surface area contributed by atoms with E-state index in [1.54, 1.807) is 0 Å². The molecule has 0 saturated carbocycles. The van der Waals surface area contributed by atoms with E-state index in [1.807, 2.05) is 24.3 Å². The van der Waals surface area contributed by atoms with E-state index in [-0.39, 0.29) is 6.10 Å². The molecule has 2 heterocycles. The monoisotopic (exact) mass is 259 g/mol. The van der Waals surface area contributed by atoms with Gasteiger partial charge in [-0.25, -0.2) is 0 Å². The fraction of sp³-hybridized carbons (Fsp3) is 0.429. The summed E-state index contributed by atoms with van der Waals surface area (Å²) in [4.78, 5) is 4.40. The molecule has 0 spiro atoms. The van der Waals surface area contributed by atoms with E-state index in [9.17, 15) is 0 Å². The van der Waals surface area contributed by atoms with Crippen molar-refractivity contribution in [1.29, 1.82) is 0 Å². The number of para-hydroxylation sites is 1. The second-order valence-corrected chi connectivity index (χ2v) is 4.80. The molecule has 1 fully saturated rings. The van der Waals surface area contributed by atoms with Gasteiger partial charge in [-0.3, -0.25) is 0 Å². The molecule has 100 valence electrons. The number of aromatic nitrogens is 2. The van der Waals surface area contributed by atoms with Crippen molar-refractivity contribution in [2.75, 3.05) is 12.3 Å². The first kappa shape index (κ1) is 12.2. The predicted molar refractivity (Wildman–Crippen MR) is 71.4 cm³/mol. The average Bonchev–Trinajstić information content (AvgIpc) is 2.89. The zero-order valence-corrected chi connectivity index (χ0v) is 10.7. The van der Waals surface area contributed by atoms with E-state index < -0.39 is 0 Å². The van der Waals surface area contributed by atoms with E-state index in [0.717, 1.165) is 25.0 Å². The minimum atomic E-state index is 0.215. The molecule has 1 aliphatic rings. The number of anilines is 1. The van der Waals surface area contributed by atoms with Crippen LogP contribution in [0.3, 0.4) is 0 Å². The summed E-state index contributed by atoms with van der Waals surface area (Å²) in [5, 5.41) is 4.01. The molecule has 0 bridgehead atoms. The standard InChI is InChI=1S/C14H17N3O2/c15-12-7-2-1-6-11(12)14-16-13(17-19-14)9-10-5-3-4-8-18-10/h1-2,6-7,10H,3-5,8-9,15H2. The summed E-state index contributed by atoms with van der Waals surface area (Å²) >= 11 is 0. The first-order chi connectivity index (χ1) is 9.33. The SMILES string of the molecule is Nc1ccccc1-c1nc(CC2CCCCO2)no1. The summed E-state index contributed by atoms with van der Waals surface area (Å²) in [5.74, 6) is 1.16. The lowest BCUT2D eigenvalue weighted by Gasteiger charge is -2.20. The quantitative estimate of drug-likeness (QED) is 0.857. The lowest BCUT2D eigenvalue weighted by molar-refractivity contribution is 0.0153. The Hall–Kier alpha value is -1.88. The molecule has 1 aromatic heterocycles. The van der Waals surface area contributed by atoms with Gasteiger partial charge in [0.15, 0.2) is 5.82 Å². The fourth-order valence-electron chi connectivity index (χ4n) is 2.31. The van der Waals surface area contributed by atoms with Crippen LogP contribution in [0.1, 0.15) is 25.1 Å². The van der Waals surface area contributed by atoms with Crippen LogP contribution in [0.4, 0.5) is 5.69 Å². The molecule has 19 heavy (non-hydrogen) atoms. The second kappa shape index (κ2) is 5.40. The number of benzene rings is 1. The Kier molecular flexibility index (Phi) is 3.46. The molecule has 0 radical (unpaired) electrons. The molecule has 0 aliphatic carbocycles. The van der Waals surface area contributed by atoms with Crippen molar-refractivity contribution in [2.24, 2.45) is 0 Å². The lowest BCUT2D eigenvalue weighted by atomic mass is 10.1. The summed E-state index contributed by atoms with van der Waals surface area (Å²) in [5.41, 5.74) is 7.32. The molecule has 5 nitrogen and oxygen atoms in total. The average molecular weight is 259 g/mol. The highest BCUT2D eigenvalue weighted by molar-refractivity contribution is 5.69. The molecule has 1 saturated heterocycles. The zero-order chi connectivity index (χ0) is 13.1. The summed E-state index contributed by atoms with van der Waals surface area (Å²) in [6, 6.07) is 7.49. The number of ether oxygens (including phenoxy) is 1. The lowest BCUT2D eigenvalue weighted by Crippen LogP contribution is -2.21. The van der Waals surface area contributed by atoms with Gasteiger partial charge in [0.05, 0.1) is 11.7 Å². The molecule has 5 heteroatoms. The van der Waals surface area contributed by atoms with E-state index >= 15 is 0 Å². The van der Waals surface area contributed by atoms with E-state index in [2.05, 4.69) is 10.1 Å². The molecule has 2 aromatic rings. The minimum absolute atomic E-state index is 0.215. The largest absolute Gasteiger partial charge is 0.398 e. The Balaban J connectivity index is 1.74. The summed E-state index contributed by atoms with van der Waals surface area (Å²) in [6.07, 6.45) is 4.34. The number of hydrogen-bond donors (Lipinski definition) is 1. The van der Waals surface area contributed by atoms with Gasteiger partial charge in [-0.15, -0.1) is 0 Å². The van der Waals surface area contributed by atoms with Gasteiger partial charge in [0.25, 0.3) is 5.89 Å². The van der Waals surface area contributed by atoms with Gasteiger partial charge < -0.3 is 15.0 Å². The van der Waals surface area contributed by atoms with Crippen LogP contribution >= 0.6 is 0 Å². The molecular weight excluding hydrogens is 242 g/mol. The van der Waals surface area contributed by atoms with Crippen molar-refractivity contribution in [3.63, 3.8) is 0 Å². The van der Waals surface area contributed by atoms with Crippen LogP contribution in [0.5, 0.6) is 0 Å². The predicted octanol–water partition coefficient (Wildman–Crippen LogP) is 2.43. The molecule has 2 N–H and O–H groups in total. The third kappa shape index (κ3) is 2.76. The van der Waals surface area contributed by atoms with Crippen molar-refractivity contribution >= 4 is 5.69 Å². The van der Waals surface area contributed by atoms with Crippen LogP contribution < -0.4 is 5.73 Å². The molecule has 0 amide bonds. The van der Waals surface area contributed by atoms with Gasteiger partial charge in [-0.1, -0.05) is 17.3 Å². The topological polar surface area (TPSA) is 74.2 Å². The van der Waals surface area contributed by atoms with Gasteiger partial charge in [0.2, 0.25) is 0 Å². The van der Waals surface area contributed by atoms with Crippen LogP contribution in [0.25, 0.3) is 11.5 Å². The number of hydrogen-bond acceptors (Lipinski definition) is 5. The maximum absolute atomic E-state index is 5.89. The Labute approximate surface area is 111 Å². The Morgan fingerprint density at radius 2 is 2.16 bits per heavy atom. The van der Waals surface area contributed by atoms with E-state index in [1.165, 1.54) is 6.42 Å². The van der Waals surface area contributed by atoms with Crippen molar-refractivity contribution in [3.8, 4) is 11.5 Å². The second-order valence-electron chi connectivity index (χ2n) is 4.80. The van der Waals surface area contributed by atoms with Crippen molar-refractivity contribution in [2.45, 2.75) is 31.8 Å². The van der Waals surface area contributed by atoms with Crippen LogP contribution in [-0.4, -0.2) is 22.9 Å². The Morgan fingerprint density at radius 3 is 2.95 bits per heavy atom. The zero-order valence-electron chi connectivity index (χ0n) is 10.7. The number of nitrogens with zero attached hydrogens (tertiary/aromatic N) is 2. The Morgan fingerprint density at radius 1 is 1.26 bits per heavy atom. The van der Waals surface area contributed by atoms with Gasteiger partial charge >= 0.3 is 0 Å². The maximum atomic E-state index is 5.89. The van der Waals surface area contributed by atoms with Gasteiger partial charge in [-0.05, 0) is 31.4 Å². The van der Waals surface area contributed by atoms with Gasteiger partial charge in [0.1, 0.15) is 0 Å². The highest BCUT2D eigenvalue weighted by atomic mass is 16.5. The van der Waals surface area contributed by atoms with Gasteiger partial charge in [-0.2, -0.15) is 4.98 Å². The molecule has 3 rings (SSSR count). The highest BCUT2D eigenvalue weighted by Crippen LogP contribution is 2.24.